The molecule has 0 unspecified atom stereocenters. The number of aliphatic imine (C=N–C) groups is 1. The van der Waals surface area contributed by atoms with E-state index in [1.807, 2.05) is 13.0 Å². The minimum absolute atomic E-state index is 0.198. The zero-order chi connectivity index (χ0) is 7.40. The number of nitrogens with zero attached hydrogens (tertiary/aromatic N) is 1. The van der Waals surface area contributed by atoms with Gasteiger partial charge in [-0.15, -0.1) is 0 Å². The van der Waals surface area contributed by atoms with Gasteiger partial charge in [-0.1, -0.05) is 13.0 Å². The molecule has 10 heavy (non-hydrogen) atoms. The summed E-state index contributed by atoms with van der Waals surface area (Å²) in [7, 11) is 0. The largest absolute Gasteiger partial charge is 0.266 e. The van der Waals surface area contributed by atoms with Crippen LogP contribution in [0.4, 0.5) is 4.39 Å². The highest BCUT2D eigenvalue weighted by molar-refractivity contribution is 5.62. The van der Waals surface area contributed by atoms with E-state index >= 15 is 0 Å². The van der Waals surface area contributed by atoms with Gasteiger partial charge in [0, 0.05) is 12.6 Å². The molecule has 0 saturated heterocycles. The smallest absolute Gasteiger partial charge is 0.144 e. The molecule has 0 atom stereocenters. The fraction of sp³-hybridized carbons (Fsp3) is 0.375. The summed E-state index contributed by atoms with van der Waals surface area (Å²) in [6, 6.07) is 0. The summed E-state index contributed by atoms with van der Waals surface area (Å²) in [5.41, 5.74) is 0.762. The van der Waals surface area contributed by atoms with Crippen LogP contribution in [-0.2, 0) is 0 Å². The Balaban J connectivity index is 2.81. The topological polar surface area (TPSA) is 12.4 Å². The van der Waals surface area contributed by atoms with Gasteiger partial charge in [-0.05, 0) is 12.0 Å². The van der Waals surface area contributed by atoms with E-state index in [9.17, 15) is 4.39 Å². The van der Waals surface area contributed by atoms with Gasteiger partial charge in [0.15, 0.2) is 0 Å². The third-order valence-electron chi connectivity index (χ3n) is 1.45. The predicted molar refractivity (Wildman–Crippen MR) is 40.7 cm³/mol. The van der Waals surface area contributed by atoms with E-state index in [0.717, 1.165) is 18.4 Å². The highest BCUT2D eigenvalue weighted by Gasteiger charge is 2.01. The van der Waals surface area contributed by atoms with E-state index in [4.69, 9.17) is 0 Å². The van der Waals surface area contributed by atoms with Crippen molar-refractivity contribution >= 4 is 6.21 Å². The van der Waals surface area contributed by atoms with Crippen LogP contribution in [0, 0.1) is 0 Å². The van der Waals surface area contributed by atoms with Crippen LogP contribution in [-0.4, -0.2) is 6.21 Å². The van der Waals surface area contributed by atoms with Crippen LogP contribution in [0.25, 0.3) is 0 Å². The molecule has 0 radical (unpaired) electrons. The molecule has 1 aliphatic heterocycles. The first-order valence-corrected chi connectivity index (χ1v) is 3.41. The molecule has 0 aliphatic carbocycles. The fourth-order valence-corrected chi connectivity index (χ4v) is 0.868. The predicted octanol–water partition coefficient (Wildman–Crippen LogP) is 2.61. The van der Waals surface area contributed by atoms with Gasteiger partial charge in [-0.3, -0.25) is 4.99 Å². The van der Waals surface area contributed by atoms with Crippen LogP contribution >= 0.6 is 0 Å². The fourth-order valence-electron chi connectivity index (χ4n) is 0.868. The van der Waals surface area contributed by atoms with Gasteiger partial charge in [0.2, 0.25) is 0 Å². The van der Waals surface area contributed by atoms with Crippen molar-refractivity contribution in [2.45, 2.75) is 19.8 Å². The minimum Gasteiger partial charge on any atom is -0.266 e. The van der Waals surface area contributed by atoms with Crippen molar-refractivity contribution in [3.8, 4) is 0 Å². The van der Waals surface area contributed by atoms with Gasteiger partial charge in [0.1, 0.15) is 5.83 Å². The average molecular weight is 139 g/mol. The van der Waals surface area contributed by atoms with Crippen LogP contribution in [0.3, 0.4) is 0 Å². The van der Waals surface area contributed by atoms with Gasteiger partial charge in [-0.25, -0.2) is 4.39 Å². The van der Waals surface area contributed by atoms with Crippen molar-refractivity contribution in [3.63, 3.8) is 0 Å². The molecule has 2 heteroatoms. The quantitative estimate of drug-likeness (QED) is 0.529. The zero-order valence-electron chi connectivity index (χ0n) is 5.97. The second-order valence-corrected chi connectivity index (χ2v) is 2.13. The maximum Gasteiger partial charge on any atom is 0.144 e. The maximum atomic E-state index is 12.8. The number of allylic oxidation sites excluding steroid dienone is 3. The summed E-state index contributed by atoms with van der Waals surface area (Å²) in [6.45, 7) is 1.94. The first kappa shape index (κ1) is 7.19. The molecule has 0 aromatic heterocycles. The lowest BCUT2D eigenvalue weighted by atomic mass is 10.1. The van der Waals surface area contributed by atoms with Crippen LogP contribution < -0.4 is 0 Å². The van der Waals surface area contributed by atoms with Crippen molar-refractivity contribution in [1.82, 2.24) is 0 Å². The summed E-state index contributed by atoms with van der Waals surface area (Å²) in [5, 5.41) is 0. The molecule has 1 aliphatic rings. The maximum absolute atomic E-state index is 12.8. The molecule has 0 aromatic carbocycles. The Morgan fingerprint density at radius 3 is 3.20 bits per heavy atom. The molecular formula is C8H10FN. The molecule has 0 fully saturated rings. The standard InChI is InChI=1S/C8H10FN/c1-2-7-4-3-5-10-6-8(7)9/h4-6H,2-3H2,1H3. The van der Waals surface area contributed by atoms with Crippen molar-refractivity contribution in [2.24, 2.45) is 4.99 Å². The molecule has 1 rings (SSSR count). The minimum atomic E-state index is -0.198. The van der Waals surface area contributed by atoms with E-state index < -0.39 is 0 Å². The first-order valence-electron chi connectivity index (χ1n) is 3.41. The molecule has 0 aromatic rings. The number of hydrogen-bond donors (Lipinski definition) is 0. The molecule has 54 valence electrons. The number of halogens is 1. The van der Waals surface area contributed by atoms with Crippen LogP contribution in [0.15, 0.2) is 28.7 Å². The van der Waals surface area contributed by atoms with Crippen molar-refractivity contribution in [1.29, 1.82) is 0 Å². The SMILES string of the molecule is CCC1=CCC=NC=C1F. The molecule has 0 spiro atoms. The van der Waals surface area contributed by atoms with E-state index in [1.54, 1.807) is 6.21 Å². The summed E-state index contributed by atoms with van der Waals surface area (Å²) in [5.74, 6) is -0.198. The normalized spacial score (nSPS) is 17.8. The molecule has 0 bridgehead atoms. The Kier molecular flexibility index (Phi) is 2.37. The van der Waals surface area contributed by atoms with Gasteiger partial charge in [-0.2, -0.15) is 0 Å². The van der Waals surface area contributed by atoms with Gasteiger partial charge >= 0.3 is 0 Å². The van der Waals surface area contributed by atoms with Crippen molar-refractivity contribution < 1.29 is 4.39 Å². The van der Waals surface area contributed by atoms with Crippen LogP contribution in [0.2, 0.25) is 0 Å². The first-order chi connectivity index (χ1) is 4.84. The Morgan fingerprint density at radius 2 is 2.50 bits per heavy atom. The Bertz CT molecular complexity index is 201. The lowest BCUT2D eigenvalue weighted by Crippen LogP contribution is -1.79. The molecule has 0 N–H and O–H groups in total. The highest BCUT2D eigenvalue weighted by Crippen LogP contribution is 2.17. The Labute approximate surface area is 60.0 Å². The number of rotatable bonds is 1. The van der Waals surface area contributed by atoms with Gasteiger partial charge in [0.25, 0.3) is 0 Å². The monoisotopic (exact) mass is 139 g/mol. The Hall–Kier alpha value is -0.920. The Morgan fingerprint density at radius 1 is 1.70 bits per heavy atom. The third-order valence-corrected chi connectivity index (χ3v) is 1.45. The molecule has 0 amide bonds. The molecule has 1 nitrogen and oxygen atoms in total. The summed E-state index contributed by atoms with van der Waals surface area (Å²) in [4.78, 5) is 3.74. The van der Waals surface area contributed by atoms with E-state index in [2.05, 4.69) is 4.99 Å². The van der Waals surface area contributed by atoms with Crippen molar-refractivity contribution in [3.05, 3.63) is 23.7 Å². The summed E-state index contributed by atoms with van der Waals surface area (Å²) in [6.07, 6.45) is 6.31. The summed E-state index contributed by atoms with van der Waals surface area (Å²) >= 11 is 0. The zero-order valence-corrected chi connectivity index (χ0v) is 5.97. The molecular weight excluding hydrogens is 129 g/mol. The second-order valence-electron chi connectivity index (χ2n) is 2.13. The van der Waals surface area contributed by atoms with E-state index in [0.29, 0.717) is 0 Å². The second kappa shape index (κ2) is 3.30. The van der Waals surface area contributed by atoms with Gasteiger partial charge < -0.3 is 0 Å². The lowest BCUT2D eigenvalue weighted by Gasteiger charge is -1.95. The lowest BCUT2D eigenvalue weighted by molar-refractivity contribution is 0.640. The van der Waals surface area contributed by atoms with Gasteiger partial charge in [0.05, 0.1) is 6.20 Å². The highest BCUT2D eigenvalue weighted by atomic mass is 19.1. The number of hydrogen-bond acceptors (Lipinski definition) is 1. The van der Waals surface area contributed by atoms with Crippen LogP contribution in [0.1, 0.15) is 19.8 Å². The molecule has 1 heterocycles. The van der Waals surface area contributed by atoms with Crippen LogP contribution in [0.5, 0.6) is 0 Å². The molecule has 0 saturated carbocycles. The summed E-state index contributed by atoms with van der Waals surface area (Å²) < 4.78 is 12.8. The average Bonchev–Trinajstić information content (AvgIpc) is 2.13. The third kappa shape index (κ3) is 1.53. The van der Waals surface area contributed by atoms with E-state index in [1.165, 1.54) is 6.20 Å². The van der Waals surface area contributed by atoms with Crippen molar-refractivity contribution in [2.75, 3.05) is 0 Å². The van der Waals surface area contributed by atoms with E-state index in [-0.39, 0.29) is 5.83 Å².